The lowest BCUT2D eigenvalue weighted by molar-refractivity contribution is 0.0457. The molecule has 0 aliphatic carbocycles. The summed E-state index contributed by atoms with van der Waals surface area (Å²) >= 11 is 0. The van der Waals surface area contributed by atoms with Gasteiger partial charge >= 0.3 is 0 Å². The molecular formula is C19H24N4O. The number of hydrogen-bond donors (Lipinski definition) is 0. The highest BCUT2D eigenvalue weighted by atomic mass is 16.5. The Morgan fingerprint density at radius 3 is 2.54 bits per heavy atom. The summed E-state index contributed by atoms with van der Waals surface area (Å²) in [4.78, 5) is 13.5. The first-order chi connectivity index (χ1) is 11.9. The monoisotopic (exact) mass is 324 g/mol. The average Bonchev–Trinajstić information content (AvgIpc) is 3.04. The van der Waals surface area contributed by atoms with Crippen molar-refractivity contribution in [3.63, 3.8) is 0 Å². The van der Waals surface area contributed by atoms with E-state index in [0.29, 0.717) is 18.8 Å². The predicted molar refractivity (Wildman–Crippen MR) is 92.3 cm³/mol. The van der Waals surface area contributed by atoms with Crippen molar-refractivity contribution in [1.29, 1.82) is 0 Å². The number of aromatic nitrogens is 2. The van der Waals surface area contributed by atoms with E-state index in [1.54, 1.807) is 6.20 Å². The molecule has 0 amide bonds. The van der Waals surface area contributed by atoms with Crippen molar-refractivity contribution in [2.75, 3.05) is 26.2 Å². The van der Waals surface area contributed by atoms with Crippen LogP contribution in [0.1, 0.15) is 17.5 Å². The van der Waals surface area contributed by atoms with Crippen LogP contribution in [0, 0.1) is 0 Å². The van der Waals surface area contributed by atoms with E-state index in [1.807, 2.05) is 30.7 Å². The molecule has 126 valence electrons. The molecule has 2 fully saturated rings. The van der Waals surface area contributed by atoms with Crippen LogP contribution in [0.15, 0.2) is 49.1 Å². The van der Waals surface area contributed by atoms with E-state index in [0.717, 1.165) is 44.7 Å². The molecule has 2 atom stereocenters. The van der Waals surface area contributed by atoms with Crippen molar-refractivity contribution in [3.8, 4) is 0 Å². The maximum atomic E-state index is 6.12. The van der Waals surface area contributed by atoms with Crippen LogP contribution in [0.3, 0.4) is 0 Å². The molecule has 5 nitrogen and oxygen atoms in total. The third kappa shape index (κ3) is 3.80. The molecule has 0 bridgehead atoms. The molecule has 0 saturated carbocycles. The van der Waals surface area contributed by atoms with Gasteiger partial charge in [-0.05, 0) is 29.7 Å². The zero-order chi connectivity index (χ0) is 16.2. The van der Waals surface area contributed by atoms with Gasteiger partial charge in [-0.3, -0.25) is 19.8 Å². The predicted octanol–water partition coefficient (Wildman–Crippen LogP) is 1.95. The van der Waals surface area contributed by atoms with Crippen LogP contribution in [-0.4, -0.2) is 58.1 Å². The topological polar surface area (TPSA) is 41.5 Å². The van der Waals surface area contributed by atoms with Crippen molar-refractivity contribution in [1.82, 2.24) is 19.8 Å². The molecule has 2 aliphatic heterocycles. The van der Waals surface area contributed by atoms with Gasteiger partial charge in [0, 0.05) is 63.6 Å². The van der Waals surface area contributed by atoms with Gasteiger partial charge in [0.1, 0.15) is 0 Å². The largest absolute Gasteiger partial charge is 0.372 e. The van der Waals surface area contributed by atoms with Gasteiger partial charge in [-0.1, -0.05) is 12.1 Å². The maximum absolute atomic E-state index is 6.12. The average molecular weight is 324 g/mol. The Hall–Kier alpha value is -1.82. The van der Waals surface area contributed by atoms with Crippen LogP contribution in [-0.2, 0) is 17.9 Å². The zero-order valence-electron chi connectivity index (χ0n) is 13.9. The van der Waals surface area contributed by atoms with E-state index in [1.165, 1.54) is 5.56 Å². The fraction of sp³-hybridized carbons (Fsp3) is 0.474. The molecule has 0 N–H and O–H groups in total. The van der Waals surface area contributed by atoms with Gasteiger partial charge in [-0.2, -0.15) is 0 Å². The first-order valence-electron chi connectivity index (χ1n) is 8.72. The Kier molecular flexibility index (Phi) is 4.83. The van der Waals surface area contributed by atoms with Gasteiger partial charge < -0.3 is 4.74 Å². The lowest BCUT2D eigenvalue weighted by atomic mass is 10.1. The van der Waals surface area contributed by atoms with Crippen molar-refractivity contribution >= 4 is 0 Å². The van der Waals surface area contributed by atoms with E-state index in [4.69, 9.17) is 4.74 Å². The number of nitrogens with zero attached hydrogens (tertiary/aromatic N) is 4. The van der Waals surface area contributed by atoms with Crippen LogP contribution in [0.25, 0.3) is 0 Å². The smallest absolute Gasteiger partial charge is 0.0736 e. The van der Waals surface area contributed by atoms with Gasteiger partial charge in [-0.25, -0.2) is 0 Å². The maximum Gasteiger partial charge on any atom is 0.0736 e. The summed E-state index contributed by atoms with van der Waals surface area (Å²) in [6, 6.07) is 8.84. The number of hydrogen-bond acceptors (Lipinski definition) is 5. The molecule has 4 rings (SSSR count). The summed E-state index contributed by atoms with van der Waals surface area (Å²) < 4.78 is 6.12. The lowest BCUT2D eigenvalue weighted by Crippen LogP contribution is -2.49. The second-order valence-corrected chi connectivity index (χ2v) is 6.78. The minimum atomic E-state index is 0.341. The molecule has 2 saturated heterocycles. The van der Waals surface area contributed by atoms with Crippen molar-refractivity contribution < 1.29 is 4.74 Å². The molecule has 24 heavy (non-hydrogen) atoms. The minimum Gasteiger partial charge on any atom is -0.372 e. The van der Waals surface area contributed by atoms with Crippen molar-refractivity contribution in [3.05, 3.63) is 60.2 Å². The first kappa shape index (κ1) is 15.7. The van der Waals surface area contributed by atoms with E-state index >= 15 is 0 Å². The van der Waals surface area contributed by atoms with Crippen molar-refractivity contribution in [2.45, 2.75) is 31.7 Å². The highest BCUT2D eigenvalue weighted by molar-refractivity contribution is 5.09. The molecule has 2 aromatic heterocycles. The first-order valence-corrected chi connectivity index (χ1v) is 8.72. The van der Waals surface area contributed by atoms with E-state index in [9.17, 15) is 0 Å². The number of piperazine rings is 1. The third-order valence-corrected chi connectivity index (χ3v) is 5.00. The molecule has 0 radical (unpaired) electrons. The summed E-state index contributed by atoms with van der Waals surface area (Å²) in [5, 5.41) is 0. The molecular weight excluding hydrogens is 300 g/mol. The molecule has 0 spiro atoms. The Morgan fingerprint density at radius 1 is 1.00 bits per heavy atom. The number of pyridine rings is 2. The van der Waals surface area contributed by atoms with Gasteiger partial charge in [0.15, 0.2) is 0 Å². The van der Waals surface area contributed by atoms with Gasteiger partial charge in [0.25, 0.3) is 0 Å². The standard InChI is InChI=1S/C19H24N4O/c1-3-16(10-20-5-1)12-22-7-8-23-14-19(9-18(23)13-22)24-15-17-4-2-6-21-11-17/h1-6,10-11,18-19H,7-9,12-15H2. The Morgan fingerprint density at radius 2 is 1.79 bits per heavy atom. The number of rotatable bonds is 5. The second kappa shape index (κ2) is 7.38. The summed E-state index contributed by atoms with van der Waals surface area (Å²) in [5.74, 6) is 0. The summed E-state index contributed by atoms with van der Waals surface area (Å²) in [6.07, 6.45) is 8.97. The van der Waals surface area contributed by atoms with Gasteiger partial charge in [-0.15, -0.1) is 0 Å². The summed E-state index contributed by atoms with van der Waals surface area (Å²) in [6.45, 7) is 6.11. The van der Waals surface area contributed by atoms with Crippen LogP contribution >= 0.6 is 0 Å². The second-order valence-electron chi connectivity index (χ2n) is 6.78. The van der Waals surface area contributed by atoms with Crippen LogP contribution in [0.5, 0.6) is 0 Å². The van der Waals surface area contributed by atoms with E-state index < -0.39 is 0 Å². The van der Waals surface area contributed by atoms with Crippen LogP contribution < -0.4 is 0 Å². The van der Waals surface area contributed by atoms with Crippen LogP contribution in [0.4, 0.5) is 0 Å². The Balaban J connectivity index is 1.28. The normalized spacial score (nSPS) is 24.8. The molecule has 4 heterocycles. The zero-order valence-corrected chi connectivity index (χ0v) is 13.9. The SMILES string of the molecule is c1cncc(COC2CC3CN(Cc4cccnc4)CCN3C2)c1. The molecule has 5 heteroatoms. The van der Waals surface area contributed by atoms with Crippen molar-refractivity contribution in [2.24, 2.45) is 0 Å². The molecule has 2 aliphatic rings. The lowest BCUT2D eigenvalue weighted by Gasteiger charge is -2.37. The van der Waals surface area contributed by atoms with Gasteiger partial charge in [0.05, 0.1) is 12.7 Å². The Labute approximate surface area is 143 Å². The highest BCUT2D eigenvalue weighted by Crippen LogP contribution is 2.25. The molecule has 0 aromatic carbocycles. The van der Waals surface area contributed by atoms with E-state index in [-0.39, 0.29) is 0 Å². The molecule has 2 unspecified atom stereocenters. The summed E-state index contributed by atoms with van der Waals surface area (Å²) in [5.41, 5.74) is 2.45. The van der Waals surface area contributed by atoms with Crippen LogP contribution in [0.2, 0.25) is 0 Å². The fourth-order valence-electron chi connectivity index (χ4n) is 3.77. The molecule has 2 aromatic rings. The van der Waals surface area contributed by atoms with E-state index in [2.05, 4.69) is 31.9 Å². The highest BCUT2D eigenvalue weighted by Gasteiger charge is 2.36. The number of fused-ring (bicyclic) bond motifs is 1. The fourth-order valence-corrected chi connectivity index (χ4v) is 3.77. The number of ether oxygens (including phenoxy) is 1. The third-order valence-electron chi connectivity index (χ3n) is 5.00. The minimum absolute atomic E-state index is 0.341. The van der Waals surface area contributed by atoms with Gasteiger partial charge in [0.2, 0.25) is 0 Å². The summed E-state index contributed by atoms with van der Waals surface area (Å²) in [7, 11) is 0. The Bertz CT molecular complexity index is 636. The quantitative estimate of drug-likeness (QED) is 0.841.